The van der Waals surface area contributed by atoms with Crippen molar-refractivity contribution in [3.63, 3.8) is 0 Å². The summed E-state index contributed by atoms with van der Waals surface area (Å²) in [4.78, 5) is 22.3. The van der Waals surface area contributed by atoms with Crippen molar-refractivity contribution >= 4 is 32.4 Å². The summed E-state index contributed by atoms with van der Waals surface area (Å²) in [7, 11) is 0. The highest BCUT2D eigenvalue weighted by Gasteiger charge is 2.01. The number of hydrogen-bond acceptors (Lipinski definition) is 4. The van der Waals surface area contributed by atoms with Gasteiger partial charge < -0.3 is 4.42 Å². The van der Waals surface area contributed by atoms with Gasteiger partial charge in [0, 0.05) is 16.2 Å². The minimum Gasteiger partial charge on any atom is -0.423 e. The van der Waals surface area contributed by atoms with Gasteiger partial charge in [0.15, 0.2) is 0 Å². The molecule has 2 aromatic heterocycles. The van der Waals surface area contributed by atoms with Gasteiger partial charge in [-0.05, 0) is 35.7 Å². The second-order valence-electron chi connectivity index (χ2n) is 3.44. The second kappa shape index (κ2) is 3.28. The lowest BCUT2D eigenvalue weighted by Gasteiger charge is -1.98. The maximum atomic E-state index is 11.2. The first-order valence-electron chi connectivity index (χ1n) is 4.70. The van der Waals surface area contributed by atoms with E-state index in [0.717, 1.165) is 26.8 Å². The molecule has 0 radical (unpaired) electrons. The summed E-state index contributed by atoms with van der Waals surface area (Å²) in [5.41, 5.74) is 0.136. The predicted molar refractivity (Wildman–Crippen MR) is 64.1 cm³/mol. The zero-order valence-corrected chi connectivity index (χ0v) is 8.91. The summed E-state index contributed by atoms with van der Waals surface area (Å²) in [5.74, 6) is 0. The average molecular weight is 230 g/mol. The van der Waals surface area contributed by atoms with Crippen LogP contribution in [0.3, 0.4) is 0 Å². The Bertz CT molecular complexity index is 733. The van der Waals surface area contributed by atoms with E-state index >= 15 is 0 Å². The molecule has 0 atom stereocenters. The lowest BCUT2D eigenvalue weighted by Crippen LogP contribution is -1.94. The highest BCUT2D eigenvalue weighted by atomic mass is 32.1. The van der Waals surface area contributed by atoms with Crippen molar-refractivity contribution in [3.05, 3.63) is 56.4 Å². The van der Waals surface area contributed by atoms with Crippen LogP contribution in [-0.4, -0.2) is 0 Å². The van der Waals surface area contributed by atoms with Crippen LogP contribution >= 0.6 is 11.3 Å². The maximum absolute atomic E-state index is 11.2. The van der Waals surface area contributed by atoms with Crippen LogP contribution in [0.5, 0.6) is 0 Å². The molecular weight excluding hydrogens is 224 g/mol. The topological polar surface area (TPSA) is 47.3 Å². The Balaban J connectivity index is 2.53. The number of fused-ring (bicyclic) bond motifs is 2. The van der Waals surface area contributed by atoms with Crippen LogP contribution in [0.25, 0.3) is 21.1 Å². The zero-order valence-electron chi connectivity index (χ0n) is 8.10. The summed E-state index contributed by atoms with van der Waals surface area (Å²) >= 11 is 1.14. The van der Waals surface area contributed by atoms with Crippen molar-refractivity contribution in [2.45, 2.75) is 0 Å². The Morgan fingerprint density at radius 3 is 2.62 bits per heavy atom. The van der Waals surface area contributed by atoms with Crippen molar-refractivity contribution in [3.8, 4) is 0 Å². The predicted octanol–water partition coefficient (Wildman–Crippen LogP) is 2.37. The van der Waals surface area contributed by atoms with Crippen LogP contribution in [0.4, 0.5) is 0 Å². The van der Waals surface area contributed by atoms with Crippen LogP contribution in [-0.2, 0) is 0 Å². The fourth-order valence-electron chi connectivity index (χ4n) is 1.63. The smallest absolute Gasteiger partial charge is 0.336 e. The van der Waals surface area contributed by atoms with Crippen molar-refractivity contribution in [1.82, 2.24) is 0 Å². The average Bonchev–Trinajstić information content (AvgIpc) is 2.26. The van der Waals surface area contributed by atoms with Crippen molar-refractivity contribution < 1.29 is 4.42 Å². The van der Waals surface area contributed by atoms with Crippen molar-refractivity contribution in [2.75, 3.05) is 0 Å². The first kappa shape index (κ1) is 9.30. The molecule has 0 aliphatic heterocycles. The van der Waals surface area contributed by atoms with E-state index in [1.807, 2.05) is 6.07 Å². The summed E-state index contributed by atoms with van der Waals surface area (Å²) in [6, 6.07) is 10.1. The minimum absolute atomic E-state index is 0.00914. The standard InChI is InChI=1S/C12H6O3S/c13-11-3-1-7-5-8-2-4-12(14)16-10(8)6-9(7)15-11/h1-6H. The molecule has 0 spiro atoms. The van der Waals surface area contributed by atoms with Gasteiger partial charge in [-0.25, -0.2) is 4.79 Å². The van der Waals surface area contributed by atoms with Gasteiger partial charge in [-0.3, -0.25) is 4.79 Å². The molecule has 4 heteroatoms. The normalized spacial score (nSPS) is 11.0. The van der Waals surface area contributed by atoms with Gasteiger partial charge in [0.1, 0.15) is 5.58 Å². The molecule has 0 fully saturated rings. The molecule has 0 aliphatic rings. The quantitative estimate of drug-likeness (QED) is 0.440. The summed E-state index contributed by atoms with van der Waals surface area (Å²) in [5, 5.41) is 1.84. The van der Waals surface area contributed by atoms with Gasteiger partial charge in [0.2, 0.25) is 4.74 Å². The monoisotopic (exact) mass is 230 g/mol. The van der Waals surface area contributed by atoms with Crippen LogP contribution in [0.2, 0.25) is 0 Å². The molecule has 0 amide bonds. The molecule has 78 valence electrons. The van der Waals surface area contributed by atoms with Gasteiger partial charge in [0.25, 0.3) is 0 Å². The van der Waals surface area contributed by atoms with Crippen LogP contribution in [0.15, 0.2) is 50.4 Å². The Labute approximate surface area is 93.6 Å². The highest BCUT2D eigenvalue weighted by molar-refractivity contribution is 7.16. The minimum atomic E-state index is -0.380. The number of rotatable bonds is 0. The first-order valence-corrected chi connectivity index (χ1v) is 5.52. The van der Waals surface area contributed by atoms with E-state index in [4.69, 9.17) is 4.42 Å². The van der Waals surface area contributed by atoms with Gasteiger partial charge in [-0.1, -0.05) is 11.3 Å². The lowest BCUT2D eigenvalue weighted by molar-refractivity contribution is 0.561. The molecule has 2 heterocycles. The molecule has 0 aliphatic carbocycles. The third kappa shape index (κ3) is 1.44. The van der Waals surface area contributed by atoms with Gasteiger partial charge in [0.05, 0.1) is 0 Å². The van der Waals surface area contributed by atoms with Gasteiger partial charge in [-0.2, -0.15) is 0 Å². The summed E-state index contributed by atoms with van der Waals surface area (Å²) in [6.07, 6.45) is 0. The van der Waals surface area contributed by atoms with E-state index < -0.39 is 0 Å². The van der Waals surface area contributed by atoms with E-state index in [1.165, 1.54) is 12.1 Å². The molecule has 0 N–H and O–H groups in total. The van der Waals surface area contributed by atoms with E-state index in [2.05, 4.69) is 0 Å². The Morgan fingerprint density at radius 2 is 1.75 bits per heavy atom. The third-order valence-corrected chi connectivity index (χ3v) is 3.27. The summed E-state index contributed by atoms with van der Waals surface area (Å²) in [6.45, 7) is 0. The van der Waals surface area contributed by atoms with Crippen molar-refractivity contribution in [1.29, 1.82) is 0 Å². The zero-order chi connectivity index (χ0) is 11.1. The molecule has 16 heavy (non-hydrogen) atoms. The lowest BCUT2D eigenvalue weighted by atomic mass is 10.2. The van der Waals surface area contributed by atoms with E-state index in [-0.39, 0.29) is 10.4 Å². The number of benzene rings is 1. The highest BCUT2D eigenvalue weighted by Crippen LogP contribution is 2.22. The van der Waals surface area contributed by atoms with E-state index in [1.54, 1.807) is 18.2 Å². The Hall–Kier alpha value is -1.94. The molecule has 0 unspecified atom stereocenters. The molecule has 1 aromatic carbocycles. The largest absolute Gasteiger partial charge is 0.423 e. The fraction of sp³-hybridized carbons (Fsp3) is 0. The molecule has 3 aromatic rings. The van der Waals surface area contributed by atoms with Crippen molar-refractivity contribution in [2.24, 2.45) is 0 Å². The molecule has 3 rings (SSSR count). The Kier molecular flexibility index (Phi) is 1.91. The maximum Gasteiger partial charge on any atom is 0.336 e. The summed E-state index contributed by atoms with van der Waals surface area (Å²) < 4.78 is 5.88. The fourth-order valence-corrected chi connectivity index (χ4v) is 2.40. The SMILES string of the molecule is O=c1ccc2cc3ccc(=O)sc3cc2o1. The molecule has 0 bridgehead atoms. The Morgan fingerprint density at radius 1 is 0.938 bits per heavy atom. The second-order valence-corrected chi connectivity index (χ2v) is 4.48. The molecular formula is C12H6O3S. The van der Waals surface area contributed by atoms with Crippen LogP contribution in [0.1, 0.15) is 0 Å². The molecule has 3 nitrogen and oxygen atoms in total. The molecule has 0 saturated heterocycles. The van der Waals surface area contributed by atoms with Crippen LogP contribution in [0, 0.1) is 0 Å². The first-order chi connectivity index (χ1) is 7.72. The van der Waals surface area contributed by atoms with Crippen LogP contribution < -0.4 is 10.4 Å². The van der Waals surface area contributed by atoms with Gasteiger partial charge in [-0.15, -0.1) is 0 Å². The van der Waals surface area contributed by atoms with E-state index in [0.29, 0.717) is 5.58 Å². The number of hydrogen-bond donors (Lipinski definition) is 0. The third-order valence-electron chi connectivity index (χ3n) is 2.36. The van der Waals surface area contributed by atoms with Gasteiger partial charge >= 0.3 is 5.63 Å². The van der Waals surface area contributed by atoms with E-state index in [9.17, 15) is 9.59 Å². The molecule has 0 saturated carbocycles.